The molecule has 0 aliphatic heterocycles. The van der Waals surface area contributed by atoms with E-state index in [1.165, 1.54) is 0 Å². The van der Waals surface area contributed by atoms with Crippen LogP contribution in [0.15, 0.2) is 18.2 Å². The van der Waals surface area contributed by atoms with Gasteiger partial charge in [0.15, 0.2) is 0 Å². The number of nitriles is 1. The molecule has 78 valence electrons. The second-order valence-corrected chi connectivity index (χ2v) is 2.67. The van der Waals surface area contributed by atoms with Crippen LogP contribution in [0.25, 0.3) is 0 Å². The highest BCUT2D eigenvalue weighted by Gasteiger charge is 2.31. The fourth-order valence-corrected chi connectivity index (χ4v) is 1.01. The molecule has 1 aromatic carbocycles. The molecule has 0 heterocycles. The summed E-state index contributed by atoms with van der Waals surface area (Å²) in [6.07, 6.45) is -4.29. The van der Waals surface area contributed by atoms with Gasteiger partial charge in [-0.2, -0.15) is 18.4 Å². The summed E-state index contributed by atoms with van der Waals surface area (Å²) in [5.41, 5.74) is -1.18. The van der Waals surface area contributed by atoms with Gasteiger partial charge in [0.2, 0.25) is 6.41 Å². The summed E-state index contributed by atoms with van der Waals surface area (Å²) in [4.78, 5) is 10.1. The fraction of sp³-hybridized carbons (Fsp3) is 0.111. The predicted octanol–water partition coefficient (Wildman–Crippen LogP) is 2.15. The number of hydrogen-bond donors (Lipinski definition) is 1. The van der Waals surface area contributed by atoms with Crippen molar-refractivity contribution in [2.45, 2.75) is 6.18 Å². The summed E-state index contributed by atoms with van der Waals surface area (Å²) >= 11 is 0. The molecule has 0 bridgehead atoms. The van der Waals surface area contributed by atoms with E-state index in [1.54, 1.807) is 6.07 Å². The van der Waals surface area contributed by atoms with E-state index in [-0.39, 0.29) is 17.7 Å². The molecular weight excluding hydrogens is 209 g/mol. The first-order chi connectivity index (χ1) is 6.97. The highest BCUT2D eigenvalue weighted by atomic mass is 19.4. The Hall–Kier alpha value is -2.03. The Morgan fingerprint density at radius 1 is 1.33 bits per heavy atom. The lowest BCUT2D eigenvalue weighted by atomic mass is 10.1. The molecule has 1 rings (SSSR count). The summed E-state index contributed by atoms with van der Waals surface area (Å²) in [5, 5.41) is 10.6. The van der Waals surface area contributed by atoms with Crippen molar-refractivity contribution < 1.29 is 18.0 Å². The van der Waals surface area contributed by atoms with Crippen LogP contribution in [0.3, 0.4) is 0 Å². The number of alkyl halides is 3. The minimum Gasteiger partial charge on any atom is -0.329 e. The molecule has 1 N–H and O–H groups in total. The Kier molecular flexibility index (Phi) is 2.95. The third-order valence-corrected chi connectivity index (χ3v) is 1.62. The molecule has 1 aromatic rings. The van der Waals surface area contributed by atoms with Crippen LogP contribution in [0.2, 0.25) is 0 Å². The molecule has 0 atom stereocenters. The molecule has 0 radical (unpaired) electrons. The summed E-state index contributed by atoms with van der Waals surface area (Å²) < 4.78 is 36.9. The zero-order chi connectivity index (χ0) is 11.5. The van der Waals surface area contributed by atoms with Gasteiger partial charge in [0.1, 0.15) is 0 Å². The van der Waals surface area contributed by atoms with Crippen LogP contribution < -0.4 is 5.32 Å². The molecule has 0 saturated carbocycles. The van der Waals surface area contributed by atoms with Crippen molar-refractivity contribution in [1.82, 2.24) is 0 Å². The molecule has 0 aliphatic rings. The van der Waals surface area contributed by atoms with E-state index in [2.05, 4.69) is 5.32 Å². The summed E-state index contributed by atoms with van der Waals surface area (Å²) in [6, 6.07) is 4.22. The van der Waals surface area contributed by atoms with Crippen molar-refractivity contribution in [3.8, 4) is 6.07 Å². The largest absolute Gasteiger partial charge is 0.416 e. The normalized spacial score (nSPS) is 10.5. The van der Waals surface area contributed by atoms with Crippen LogP contribution in [0, 0.1) is 11.3 Å². The van der Waals surface area contributed by atoms with Gasteiger partial charge in [0, 0.05) is 5.69 Å². The van der Waals surface area contributed by atoms with Gasteiger partial charge >= 0.3 is 6.18 Å². The maximum absolute atomic E-state index is 12.3. The second kappa shape index (κ2) is 4.00. The van der Waals surface area contributed by atoms with Gasteiger partial charge in [-0.25, -0.2) is 0 Å². The zero-order valence-electron chi connectivity index (χ0n) is 7.30. The topological polar surface area (TPSA) is 52.9 Å². The van der Waals surface area contributed by atoms with Crippen LogP contribution >= 0.6 is 0 Å². The minimum atomic E-state index is -4.54. The highest BCUT2D eigenvalue weighted by Crippen LogP contribution is 2.31. The number of hydrogen-bond acceptors (Lipinski definition) is 2. The Morgan fingerprint density at radius 2 is 2.00 bits per heavy atom. The highest BCUT2D eigenvalue weighted by molar-refractivity contribution is 5.72. The lowest BCUT2D eigenvalue weighted by Crippen LogP contribution is -2.06. The van der Waals surface area contributed by atoms with Crippen LogP contribution in [0.1, 0.15) is 11.1 Å². The van der Waals surface area contributed by atoms with Gasteiger partial charge in [0.05, 0.1) is 17.2 Å². The molecule has 0 aliphatic carbocycles. The number of carbonyl (C=O) groups is 1. The Bertz CT molecular complexity index is 420. The van der Waals surface area contributed by atoms with E-state index < -0.39 is 11.7 Å². The first-order valence-corrected chi connectivity index (χ1v) is 3.80. The van der Waals surface area contributed by atoms with Crippen LogP contribution in [-0.4, -0.2) is 6.41 Å². The molecule has 15 heavy (non-hydrogen) atoms. The number of halogens is 3. The first kappa shape index (κ1) is 11.0. The summed E-state index contributed by atoms with van der Waals surface area (Å²) in [7, 11) is 0. The van der Waals surface area contributed by atoms with Crippen molar-refractivity contribution in [1.29, 1.82) is 5.26 Å². The molecular formula is C9H5F3N2O. The standard InChI is InChI=1S/C9H5F3N2O/c10-9(11,12)7-1-6(4-13)2-8(3-7)14-5-15/h1-3,5H,(H,14,15). The number of amides is 1. The molecule has 0 fully saturated rings. The van der Waals surface area contributed by atoms with Gasteiger partial charge in [-0.15, -0.1) is 0 Å². The van der Waals surface area contributed by atoms with Crippen molar-refractivity contribution in [3.63, 3.8) is 0 Å². The minimum absolute atomic E-state index is 0.0589. The van der Waals surface area contributed by atoms with E-state index in [0.29, 0.717) is 0 Å². The quantitative estimate of drug-likeness (QED) is 0.767. The molecule has 1 amide bonds. The maximum Gasteiger partial charge on any atom is 0.416 e. The summed E-state index contributed by atoms with van der Waals surface area (Å²) in [6.45, 7) is 0. The third-order valence-electron chi connectivity index (χ3n) is 1.62. The Labute approximate surface area is 83.1 Å². The van der Waals surface area contributed by atoms with Gasteiger partial charge in [0.25, 0.3) is 0 Å². The van der Waals surface area contributed by atoms with Crippen molar-refractivity contribution in [3.05, 3.63) is 29.3 Å². The van der Waals surface area contributed by atoms with Gasteiger partial charge < -0.3 is 5.32 Å². The smallest absolute Gasteiger partial charge is 0.329 e. The maximum atomic E-state index is 12.3. The molecule has 0 unspecified atom stereocenters. The van der Waals surface area contributed by atoms with Gasteiger partial charge in [-0.3, -0.25) is 4.79 Å². The second-order valence-electron chi connectivity index (χ2n) is 2.67. The average molecular weight is 214 g/mol. The Morgan fingerprint density at radius 3 is 2.47 bits per heavy atom. The van der Waals surface area contributed by atoms with E-state index in [9.17, 15) is 18.0 Å². The summed E-state index contributed by atoms with van der Waals surface area (Å²) in [5.74, 6) is 0. The van der Waals surface area contributed by atoms with Crippen LogP contribution in [0.4, 0.5) is 18.9 Å². The number of benzene rings is 1. The average Bonchev–Trinajstić information content (AvgIpc) is 2.16. The fourth-order valence-electron chi connectivity index (χ4n) is 1.01. The number of anilines is 1. The first-order valence-electron chi connectivity index (χ1n) is 3.80. The lowest BCUT2D eigenvalue weighted by molar-refractivity contribution is -0.137. The molecule has 0 saturated heterocycles. The molecule has 0 aromatic heterocycles. The van der Waals surface area contributed by atoms with Gasteiger partial charge in [-0.1, -0.05) is 0 Å². The van der Waals surface area contributed by atoms with E-state index >= 15 is 0 Å². The van der Waals surface area contributed by atoms with Crippen LogP contribution in [-0.2, 0) is 11.0 Å². The SMILES string of the molecule is N#Cc1cc(NC=O)cc(C(F)(F)F)c1. The van der Waals surface area contributed by atoms with E-state index in [1.807, 2.05) is 0 Å². The Balaban J connectivity index is 3.24. The van der Waals surface area contributed by atoms with E-state index in [0.717, 1.165) is 18.2 Å². The number of nitrogens with one attached hydrogen (secondary N) is 1. The van der Waals surface area contributed by atoms with Crippen molar-refractivity contribution in [2.75, 3.05) is 5.32 Å². The van der Waals surface area contributed by atoms with Crippen molar-refractivity contribution in [2.24, 2.45) is 0 Å². The third kappa shape index (κ3) is 2.71. The zero-order valence-corrected chi connectivity index (χ0v) is 7.30. The monoisotopic (exact) mass is 214 g/mol. The van der Waals surface area contributed by atoms with Crippen LogP contribution in [0.5, 0.6) is 0 Å². The lowest BCUT2D eigenvalue weighted by Gasteiger charge is -2.08. The van der Waals surface area contributed by atoms with Gasteiger partial charge in [-0.05, 0) is 18.2 Å². The molecule has 6 heteroatoms. The number of rotatable bonds is 2. The number of nitrogens with zero attached hydrogens (tertiary/aromatic N) is 1. The molecule has 0 spiro atoms. The van der Waals surface area contributed by atoms with Crippen molar-refractivity contribution >= 4 is 12.1 Å². The predicted molar refractivity (Wildman–Crippen MR) is 45.8 cm³/mol. The molecule has 3 nitrogen and oxygen atoms in total. The van der Waals surface area contributed by atoms with E-state index in [4.69, 9.17) is 5.26 Å². The number of carbonyl (C=O) groups excluding carboxylic acids is 1.